The number of halogens is 1. The van der Waals surface area contributed by atoms with E-state index in [1.54, 1.807) is 12.1 Å². The van der Waals surface area contributed by atoms with E-state index < -0.39 is 0 Å². The molecule has 1 aromatic rings. The van der Waals surface area contributed by atoms with Crippen molar-refractivity contribution in [2.45, 2.75) is 51.1 Å². The van der Waals surface area contributed by atoms with Crippen LogP contribution in [0.1, 0.15) is 49.7 Å². The molecule has 2 unspecified atom stereocenters. The van der Waals surface area contributed by atoms with Gasteiger partial charge in [-0.25, -0.2) is 4.39 Å². The lowest BCUT2D eigenvalue weighted by molar-refractivity contribution is 0.0546. The van der Waals surface area contributed by atoms with E-state index in [4.69, 9.17) is 18.0 Å². The Balaban J connectivity index is 1.82. The number of nitrogens with zero attached hydrogens (tertiary/aromatic N) is 1. The number of piperidine rings is 1. The van der Waals surface area contributed by atoms with Crippen molar-refractivity contribution in [3.63, 3.8) is 0 Å². The van der Waals surface area contributed by atoms with Crippen LogP contribution in [0.15, 0.2) is 18.2 Å². The molecule has 4 heteroatoms. The molecule has 2 atom stereocenters. The summed E-state index contributed by atoms with van der Waals surface area (Å²) in [6.07, 6.45) is 7.93. The van der Waals surface area contributed by atoms with Gasteiger partial charge in [0.2, 0.25) is 0 Å². The Morgan fingerprint density at radius 1 is 1.24 bits per heavy atom. The van der Waals surface area contributed by atoms with Crippen molar-refractivity contribution in [3.8, 4) is 0 Å². The number of nitrogens with two attached hydrogens (primary N) is 1. The fourth-order valence-corrected chi connectivity index (χ4v) is 4.28. The summed E-state index contributed by atoms with van der Waals surface area (Å²) in [6.45, 7) is 1.88. The smallest absolute Gasteiger partial charge is 0.123 e. The largest absolute Gasteiger partial charge is 0.389 e. The first-order valence-electron chi connectivity index (χ1n) is 7.97. The van der Waals surface area contributed by atoms with E-state index in [1.807, 2.05) is 0 Å². The van der Waals surface area contributed by atoms with Gasteiger partial charge in [0.15, 0.2) is 0 Å². The first-order chi connectivity index (χ1) is 10.1. The third kappa shape index (κ3) is 3.27. The second-order valence-electron chi connectivity index (χ2n) is 6.39. The summed E-state index contributed by atoms with van der Waals surface area (Å²) in [6, 6.07) is 5.42. The minimum absolute atomic E-state index is 0.206. The number of fused-ring (bicyclic) bond motifs is 1. The highest BCUT2D eigenvalue weighted by atomic mass is 32.1. The predicted molar refractivity (Wildman–Crippen MR) is 87.7 cm³/mol. The molecule has 1 heterocycles. The van der Waals surface area contributed by atoms with Gasteiger partial charge in [0.05, 0.1) is 0 Å². The average molecular weight is 306 g/mol. The van der Waals surface area contributed by atoms with E-state index in [9.17, 15) is 4.39 Å². The Morgan fingerprint density at radius 2 is 2.00 bits per heavy atom. The lowest BCUT2D eigenvalue weighted by atomic mass is 9.78. The van der Waals surface area contributed by atoms with Crippen molar-refractivity contribution in [1.29, 1.82) is 0 Å². The number of hydrogen-bond donors (Lipinski definition) is 1. The normalized spacial score (nSPS) is 26.3. The standard InChI is InChI=1S/C17H23FN2S/c18-14-7-8-15(17(19)21)13(10-14)11-20-9-3-5-12-4-1-2-6-16(12)20/h7-8,10,12,16H,1-6,9,11H2,(H2,19,21). The molecule has 1 saturated heterocycles. The van der Waals surface area contributed by atoms with Gasteiger partial charge < -0.3 is 5.73 Å². The minimum Gasteiger partial charge on any atom is -0.389 e. The molecule has 1 aliphatic carbocycles. The lowest BCUT2D eigenvalue weighted by Gasteiger charge is -2.44. The molecular formula is C17H23FN2S. The molecule has 1 saturated carbocycles. The van der Waals surface area contributed by atoms with E-state index in [1.165, 1.54) is 44.6 Å². The maximum Gasteiger partial charge on any atom is 0.123 e. The molecule has 0 spiro atoms. The molecule has 0 bridgehead atoms. The van der Waals surface area contributed by atoms with Crippen LogP contribution in [0.3, 0.4) is 0 Å². The molecule has 1 aliphatic heterocycles. The van der Waals surface area contributed by atoms with Crippen LogP contribution in [-0.4, -0.2) is 22.5 Å². The highest BCUT2D eigenvalue weighted by Gasteiger charge is 2.33. The second-order valence-corrected chi connectivity index (χ2v) is 6.83. The Hall–Kier alpha value is -1.00. The van der Waals surface area contributed by atoms with Crippen LogP contribution in [0.2, 0.25) is 0 Å². The number of rotatable bonds is 3. The minimum atomic E-state index is -0.206. The fourth-order valence-electron chi connectivity index (χ4n) is 4.08. The first-order valence-corrected chi connectivity index (χ1v) is 8.38. The molecule has 0 aromatic heterocycles. The predicted octanol–water partition coefficient (Wildman–Crippen LogP) is 3.61. The van der Waals surface area contributed by atoms with Gasteiger partial charge in [0, 0.05) is 18.2 Å². The Labute approximate surface area is 131 Å². The van der Waals surface area contributed by atoms with E-state index in [0.717, 1.165) is 30.1 Å². The lowest BCUT2D eigenvalue weighted by Crippen LogP contribution is -2.46. The Morgan fingerprint density at radius 3 is 2.81 bits per heavy atom. The monoisotopic (exact) mass is 306 g/mol. The summed E-state index contributed by atoms with van der Waals surface area (Å²) in [5.74, 6) is 0.622. The first kappa shape index (κ1) is 14.9. The topological polar surface area (TPSA) is 29.3 Å². The van der Waals surface area contributed by atoms with E-state index >= 15 is 0 Å². The molecule has 2 fully saturated rings. The van der Waals surface area contributed by atoms with Gasteiger partial charge in [0.25, 0.3) is 0 Å². The number of thiocarbonyl (C=S) groups is 1. The van der Waals surface area contributed by atoms with Crippen molar-refractivity contribution >= 4 is 17.2 Å². The Bertz CT molecular complexity index is 530. The molecule has 3 rings (SSSR count). The molecule has 1 aromatic carbocycles. The molecule has 0 amide bonds. The molecule has 0 radical (unpaired) electrons. The SMILES string of the molecule is NC(=S)c1ccc(F)cc1CN1CCCC2CCCCC21. The van der Waals surface area contributed by atoms with Gasteiger partial charge >= 0.3 is 0 Å². The zero-order chi connectivity index (χ0) is 14.8. The van der Waals surface area contributed by atoms with Gasteiger partial charge in [-0.2, -0.15) is 0 Å². The zero-order valence-corrected chi connectivity index (χ0v) is 13.2. The van der Waals surface area contributed by atoms with E-state index in [-0.39, 0.29) is 5.82 Å². The summed E-state index contributed by atoms with van der Waals surface area (Å²) in [5, 5.41) is 0. The summed E-state index contributed by atoms with van der Waals surface area (Å²) in [7, 11) is 0. The summed E-state index contributed by atoms with van der Waals surface area (Å²) in [4.78, 5) is 2.89. The fraction of sp³-hybridized carbons (Fsp3) is 0.588. The maximum atomic E-state index is 13.6. The Kier molecular flexibility index (Phi) is 4.55. The van der Waals surface area contributed by atoms with Gasteiger partial charge in [-0.1, -0.05) is 25.1 Å². The summed E-state index contributed by atoms with van der Waals surface area (Å²) in [5.41, 5.74) is 7.55. The van der Waals surface area contributed by atoms with Gasteiger partial charge in [-0.05, 0) is 61.9 Å². The van der Waals surface area contributed by atoms with Gasteiger partial charge in [0.1, 0.15) is 10.8 Å². The van der Waals surface area contributed by atoms with Crippen molar-refractivity contribution in [2.24, 2.45) is 11.7 Å². The molecular weight excluding hydrogens is 283 g/mol. The quantitative estimate of drug-likeness (QED) is 0.865. The highest BCUT2D eigenvalue weighted by Crippen LogP contribution is 2.36. The van der Waals surface area contributed by atoms with Crippen LogP contribution >= 0.6 is 12.2 Å². The van der Waals surface area contributed by atoms with E-state index in [2.05, 4.69) is 4.90 Å². The summed E-state index contributed by atoms with van der Waals surface area (Å²) < 4.78 is 13.6. The third-order valence-corrected chi connectivity index (χ3v) is 5.28. The van der Waals surface area contributed by atoms with Crippen molar-refractivity contribution < 1.29 is 4.39 Å². The zero-order valence-electron chi connectivity index (χ0n) is 12.4. The van der Waals surface area contributed by atoms with Gasteiger partial charge in [-0.15, -0.1) is 0 Å². The van der Waals surface area contributed by atoms with Crippen LogP contribution in [0.4, 0.5) is 4.39 Å². The van der Waals surface area contributed by atoms with Crippen molar-refractivity contribution in [3.05, 3.63) is 35.1 Å². The number of benzene rings is 1. The molecule has 2 aliphatic rings. The number of likely N-dealkylation sites (tertiary alicyclic amines) is 1. The van der Waals surface area contributed by atoms with Crippen LogP contribution < -0.4 is 5.73 Å². The van der Waals surface area contributed by atoms with Crippen molar-refractivity contribution in [2.75, 3.05) is 6.54 Å². The van der Waals surface area contributed by atoms with Crippen molar-refractivity contribution in [1.82, 2.24) is 4.90 Å². The maximum absolute atomic E-state index is 13.6. The molecule has 21 heavy (non-hydrogen) atoms. The third-order valence-electron chi connectivity index (χ3n) is 5.06. The van der Waals surface area contributed by atoms with Crippen LogP contribution in [0.25, 0.3) is 0 Å². The highest BCUT2D eigenvalue weighted by molar-refractivity contribution is 7.80. The van der Waals surface area contributed by atoms with Crippen LogP contribution in [0, 0.1) is 11.7 Å². The average Bonchev–Trinajstić information content (AvgIpc) is 2.47. The second kappa shape index (κ2) is 6.41. The number of hydrogen-bond acceptors (Lipinski definition) is 2. The summed E-state index contributed by atoms with van der Waals surface area (Å²) >= 11 is 5.11. The molecule has 2 nitrogen and oxygen atoms in total. The van der Waals surface area contributed by atoms with Crippen LogP contribution in [-0.2, 0) is 6.54 Å². The van der Waals surface area contributed by atoms with Gasteiger partial charge in [-0.3, -0.25) is 4.90 Å². The van der Waals surface area contributed by atoms with E-state index in [0.29, 0.717) is 11.0 Å². The van der Waals surface area contributed by atoms with Crippen LogP contribution in [0.5, 0.6) is 0 Å². The molecule has 2 N–H and O–H groups in total. The molecule has 114 valence electrons.